The molecule has 0 spiro atoms. The molecule has 0 atom stereocenters. The van der Waals surface area contributed by atoms with E-state index < -0.39 is 0 Å². The third kappa shape index (κ3) is 1.45. The van der Waals surface area contributed by atoms with Gasteiger partial charge >= 0.3 is 0 Å². The number of methoxy groups -OCH3 is 1. The topological polar surface area (TPSA) is 63.7 Å². The number of nitrogens with zero attached hydrogens (tertiary/aromatic N) is 3. The Hall–Kier alpha value is -0.970. The van der Waals surface area contributed by atoms with Crippen molar-refractivity contribution in [3.8, 4) is 0 Å². The highest BCUT2D eigenvalue weighted by atomic mass is 16.5. The SMILES string of the molecule is COCC1(Cc2nn[nH]n2)CC1. The van der Waals surface area contributed by atoms with E-state index in [0.717, 1.165) is 18.9 Å². The lowest BCUT2D eigenvalue weighted by molar-refractivity contribution is 0.140. The lowest BCUT2D eigenvalue weighted by Gasteiger charge is -2.09. The van der Waals surface area contributed by atoms with Crippen LogP contribution in [0.5, 0.6) is 0 Å². The van der Waals surface area contributed by atoms with E-state index in [0.29, 0.717) is 5.41 Å². The minimum atomic E-state index is 0.318. The number of H-pyrrole nitrogens is 1. The first kappa shape index (κ1) is 7.67. The minimum absolute atomic E-state index is 0.318. The first-order valence-electron chi connectivity index (χ1n) is 4.06. The van der Waals surface area contributed by atoms with Crippen molar-refractivity contribution in [2.75, 3.05) is 13.7 Å². The fraction of sp³-hybridized carbons (Fsp3) is 0.857. The molecule has 1 aromatic heterocycles. The molecule has 0 aliphatic heterocycles. The molecule has 1 aliphatic rings. The molecule has 1 saturated carbocycles. The summed E-state index contributed by atoms with van der Waals surface area (Å²) in [5, 5.41) is 13.8. The summed E-state index contributed by atoms with van der Waals surface area (Å²) in [4.78, 5) is 0. The Bertz CT molecular complexity index is 242. The van der Waals surface area contributed by atoms with E-state index in [2.05, 4.69) is 20.6 Å². The van der Waals surface area contributed by atoms with Crippen molar-refractivity contribution in [2.24, 2.45) is 5.41 Å². The van der Waals surface area contributed by atoms with Gasteiger partial charge in [0.25, 0.3) is 0 Å². The third-order valence-electron chi connectivity index (χ3n) is 2.33. The molecule has 0 bridgehead atoms. The van der Waals surface area contributed by atoms with Gasteiger partial charge in [-0.05, 0) is 12.8 Å². The number of nitrogens with one attached hydrogen (secondary N) is 1. The summed E-state index contributed by atoms with van der Waals surface area (Å²) >= 11 is 0. The second-order valence-corrected chi connectivity index (χ2v) is 3.44. The predicted octanol–water partition coefficient (Wildman–Crippen LogP) is 0.169. The lowest BCUT2D eigenvalue weighted by Crippen LogP contribution is -2.13. The molecule has 5 nitrogen and oxygen atoms in total. The summed E-state index contributed by atoms with van der Waals surface area (Å²) in [6.07, 6.45) is 3.32. The van der Waals surface area contributed by atoms with Crippen LogP contribution in [0.4, 0.5) is 0 Å². The van der Waals surface area contributed by atoms with Crippen LogP contribution in [0.3, 0.4) is 0 Å². The maximum absolute atomic E-state index is 5.13. The van der Waals surface area contributed by atoms with Gasteiger partial charge in [-0.1, -0.05) is 5.21 Å². The van der Waals surface area contributed by atoms with Gasteiger partial charge in [0, 0.05) is 18.9 Å². The highest BCUT2D eigenvalue weighted by Gasteiger charge is 2.43. The van der Waals surface area contributed by atoms with E-state index in [4.69, 9.17) is 4.74 Å². The van der Waals surface area contributed by atoms with Gasteiger partial charge in [0.1, 0.15) is 0 Å². The number of aromatic nitrogens is 4. The summed E-state index contributed by atoms with van der Waals surface area (Å²) in [6, 6.07) is 0. The van der Waals surface area contributed by atoms with Crippen LogP contribution in [0.1, 0.15) is 18.7 Å². The van der Waals surface area contributed by atoms with Crippen molar-refractivity contribution in [3.63, 3.8) is 0 Å². The van der Waals surface area contributed by atoms with E-state index in [1.807, 2.05) is 0 Å². The smallest absolute Gasteiger partial charge is 0.175 e. The molecule has 0 amide bonds. The molecule has 1 fully saturated rings. The molecule has 2 rings (SSSR count). The average molecular weight is 168 g/mol. The fourth-order valence-electron chi connectivity index (χ4n) is 1.45. The molecule has 0 saturated heterocycles. The first-order valence-corrected chi connectivity index (χ1v) is 4.06. The normalized spacial score (nSPS) is 19.4. The van der Waals surface area contributed by atoms with Crippen LogP contribution in [0.25, 0.3) is 0 Å². The molecule has 0 radical (unpaired) electrons. The summed E-state index contributed by atoms with van der Waals surface area (Å²) in [6.45, 7) is 0.807. The van der Waals surface area contributed by atoms with Gasteiger partial charge in [-0.15, -0.1) is 10.2 Å². The highest BCUT2D eigenvalue weighted by Crippen LogP contribution is 2.47. The Morgan fingerprint density at radius 2 is 2.42 bits per heavy atom. The van der Waals surface area contributed by atoms with E-state index in [-0.39, 0.29) is 0 Å². The molecular formula is C7H12N4O. The molecule has 12 heavy (non-hydrogen) atoms. The van der Waals surface area contributed by atoms with Crippen molar-refractivity contribution in [1.82, 2.24) is 20.6 Å². The minimum Gasteiger partial charge on any atom is -0.384 e. The molecule has 1 aliphatic carbocycles. The second kappa shape index (κ2) is 2.82. The van der Waals surface area contributed by atoms with Gasteiger partial charge in [0.2, 0.25) is 0 Å². The summed E-state index contributed by atoms with van der Waals surface area (Å²) in [7, 11) is 1.73. The van der Waals surface area contributed by atoms with Gasteiger partial charge in [-0.2, -0.15) is 5.21 Å². The average Bonchev–Trinajstić information content (AvgIpc) is 2.63. The summed E-state index contributed by atoms with van der Waals surface area (Å²) < 4.78 is 5.13. The van der Waals surface area contributed by atoms with Crippen LogP contribution >= 0.6 is 0 Å². The Labute approximate surface area is 70.5 Å². The zero-order valence-electron chi connectivity index (χ0n) is 7.08. The number of rotatable bonds is 4. The highest BCUT2D eigenvalue weighted by molar-refractivity contribution is 4.99. The van der Waals surface area contributed by atoms with Crippen LogP contribution in [0.15, 0.2) is 0 Å². The number of hydrogen-bond donors (Lipinski definition) is 1. The number of tetrazole rings is 1. The zero-order chi connectivity index (χ0) is 8.44. The second-order valence-electron chi connectivity index (χ2n) is 3.44. The number of aromatic amines is 1. The molecular weight excluding hydrogens is 156 g/mol. The largest absolute Gasteiger partial charge is 0.384 e. The van der Waals surface area contributed by atoms with Crippen molar-refractivity contribution in [2.45, 2.75) is 19.3 Å². The van der Waals surface area contributed by atoms with E-state index in [1.165, 1.54) is 12.8 Å². The zero-order valence-corrected chi connectivity index (χ0v) is 7.08. The van der Waals surface area contributed by atoms with Crippen LogP contribution < -0.4 is 0 Å². The molecule has 0 unspecified atom stereocenters. The van der Waals surface area contributed by atoms with Gasteiger partial charge in [0.15, 0.2) is 5.82 Å². The van der Waals surface area contributed by atoms with E-state index >= 15 is 0 Å². The van der Waals surface area contributed by atoms with Crippen molar-refractivity contribution < 1.29 is 4.74 Å². The standard InChI is InChI=1S/C7H12N4O/c1-12-5-7(2-3-7)4-6-8-10-11-9-6/h2-5H2,1H3,(H,8,9,10,11). The Morgan fingerprint density at radius 1 is 1.58 bits per heavy atom. The van der Waals surface area contributed by atoms with Gasteiger partial charge in [-0.25, -0.2) is 0 Å². The first-order chi connectivity index (χ1) is 5.85. The monoisotopic (exact) mass is 168 g/mol. The number of ether oxygens (including phenoxy) is 1. The van der Waals surface area contributed by atoms with Gasteiger partial charge in [-0.3, -0.25) is 0 Å². The summed E-state index contributed by atoms with van der Waals surface area (Å²) in [5.41, 5.74) is 0.318. The molecule has 1 heterocycles. The van der Waals surface area contributed by atoms with Crippen LogP contribution in [-0.2, 0) is 11.2 Å². The van der Waals surface area contributed by atoms with Crippen molar-refractivity contribution in [3.05, 3.63) is 5.82 Å². The Kier molecular flexibility index (Phi) is 1.80. The quantitative estimate of drug-likeness (QED) is 0.696. The van der Waals surface area contributed by atoms with E-state index in [9.17, 15) is 0 Å². The molecule has 1 aromatic rings. The predicted molar refractivity (Wildman–Crippen MR) is 41.4 cm³/mol. The van der Waals surface area contributed by atoms with Crippen LogP contribution in [-0.4, -0.2) is 34.3 Å². The van der Waals surface area contributed by atoms with Crippen LogP contribution in [0.2, 0.25) is 0 Å². The van der Waals surface area contributed by atoms with Crippen molar-refractivity contribution in [1.29, 1.82) is 0 Å². The molecule has 1 N–H and O–H groups in total. The van der Waals surface area contributed by atoms with E-state index in [1.54, 1.807) is 7.11 Å². The Morgan fingerprint density at radius 3 is 2.92 bits per heavy atom. The lowest BCUT2D eigenvalue weighted by atomic mass is 10.0. The van der Waals surface area contributed by atoms with Gasteiger partial charge < -0.3 is 4.74 Å². The fourth-order valence-corrected chi connectivity index (χ4v) is 1.45. The van der Waals surface area contributed by atoms with Gasteiger partial charge in [0.05, 0.1) is 6.61 Å². The molecule has 5 heteroatoms. The maximum atomic E-state index is 5.13. The molecule has 66 valence electrons. The summed E-state index contributed by atoms with van der Waals surface area (Å²) in [5.74, 6) is 0.796. The van der Waals surface area contributed by atoms with Crippen molar-refractivity contribution >= 4 is 0 Å². The Balaban J connectivity index is 1.94. The molecule has 0 aromatic carbocycles. The number of hydrogen-bond acceptors (Lipinski definition) is 4. The van der Waals surface area contributed by atoms with Crippen LogP contribution in [0, 0.1) is 5.41 Å². The third-order valence-corrected chi connectivity index (χ3v) is 2.33. The maximum Gasteiger partial charge on any atom is 0.175 e.